The van der Waals surface area contributed by atoms with Crippen molar-refractivity contribution in [3.05, 3.63) is 11.9 Å². The summed E-state index contributed by atoms with van der Waals surface area (Å²) in [5.41, 5.74) is 0.725. The van der Waals surface area contributed by atoms with E-state index in [2.05, 4.69) is 15.6 Å². The summed E-state index contributed by atoms with van der Waals surface area (Å²) in [6.07, 6.45) is 1.35. The largest absolute Gasteiger partial charge is 0.447 e. The molecule has 0 radical (unpaired) electrons. The van der Waals surface area contributed by atoms with Crippen LogP contribution in [0, 0.1) is 0 Å². The molecule has 64 valence electrons. The summed E-state index contributed by atoms with van der Waals surface area (Å²) in [7, 11) is 1.77. The molecule has 0 saturated carbocycles. The summed E-state index contributed by atoms with van der Waals surface area (Å²) in [5.74, 6) is 0. The highest BCUT2D eigenvalue weighted by molar-refractivity contribution is 5.69. The van der Waals surface area contributed by atoms with Gasteiger partial charge in [-0.25, -0.2) is 4.79 Å². The number of amides is 1. The topological polar surface area (TPSA) is 69.0 Å². The summed E-state index contributed by atoms with van der Waals surface area (Å²) >= 11 is 0. The average molecular weight is 168 g/mol. The third kappa shape index (κ3) is 1.11. The zero-order chi connectivity index (χ0) is 8.55. The van der Waals surface area contributed by atoms with Crippen molar-refractivity contribution in [1.82, 2.24) is 20.3 Å². The Morgan fingerprint density at radius 3 is 3.17 bits per heavy atom. The second-order valence-electron chi connectivity index (χ2n) is 2.61. The van der Waals surface area contributed by atoms with Gasteiger partial charge >= 0.3 is 6.09 Å². The number of aryl methyl sites for hydroxylation is 1. The van der Waals surface area contributed by atoms with Crippen molar-refractivity contribution >= 4 is 6.09 Å². The number of hydrogen-bond donors (Lipinski definition) is 1. The van der Waals surface area contributed by atoms with E-state index in [0.717, 1.165) is 5.69 Å². The summed E-state index contributed by atoms with van der Waals surface area (Å²) in [4.78, 5) is 10.6. The van der Waals surface area contributed by atoms with E-state index in [9.17, 15) is 4.79 Å². The van der Waals surface area contributed by atoms with Crippen LogP contribution in [0.4, 0.5) is 4.79 Å². The Balaban J connectivity index is 2.15. The number of aromatic nitrogens is 3. The lowest BCUT2D eigenvalue weighted by Crippen LogP contribution is -2.18. The number of hydrogen-bond acceptors (Lipinski definition) is 4. The van der Waals surface area contributed by atoms with E-state index in [4.69, 9.17) is 4.74 Å². The van der Waals surface area contributed by atoms with Crippen LogP contribution in [0.25, 0.3) is 0 Å². The maximum Gasteiger partial charge on any atom is 0.407 e. The Morgan fingerprint density at radius 2 is 2.67 bits per heavy atom. The zero-order valence-corrected chi connectivity index (χ0v) is 6.52. The molecule has 2 heterocycles. The van der Waals surface area contributed by atoms with E-state index in [1.165, 1.54) is 0 Å². The summed E-state index contributed by atoms with van der Waals surface area (Å²) in [5, 5.41) is 10.2. The molecule has 0 aromatic carbocycles. The maximum absolute atomic E-state index is 10.6. The predicted molar refractivity (Wildman–Crippen MR) is 38.2 cm³/mol. The third-order valence-corrected chi connectivity index (χ3v) is 1.65. The van der Waals surface area contributed by atoms with Crippen LogP contribution in [0.15, 0.2) is 6.20 Å². The van der Waals surface area contributed by atoms with Gasteiger partial charge in [0.15, 0.2) is 0 Å². The average Bonchev–Trinajstić information content (AvgIpc) is 2.58. The highest BCUT2D eigenvalue weighted by Crippen LogP contribution is 2.14. The Hall–Kier alpha value is -1.59. The highest BCUT2D eigenvalue weighted by atomic mass is 16.6. The summed E-state index contributed by atoms with van der Waals surface area (Å²) in [6.45, 7) is 0.331. The fraction of sp³-hybridized carbons (Fsp3) is 0.500. The van der Waals surface area contributed by atoms with Gasteiger partial charge in [-0.3, -0.25) is 4.68 Å². The Morgan fingerprint density at radius 1 is 1.83 bits per heavy atom. The Labute approximate surface area is 68.5 Å². The van der Waals surface area contributed by atoms with Crippen LogP contribution >= 0.6 is 0 Å². The van der Waals surface area contributed by atoms with Gasteiger partial charge in [-0.15, -0.1) is 5.10 Å². The predicted octanol–water partition coefficient (Wildman–Crippen LogP) is -0.404. The zero-order valence-electron chi connectivity index (χ0n) is 6.52. The molecule has 6 heteroatoms. The summed E-state index contributed by atoms with van der Waals surface area (Å²) in [6, 6.07) is -0.147. The van der Waals surface area contributed by atoms with Crippen LogP contribution in [-0.4, -0.2) is 27.7 Å². The highest BCUT2D eigenvalue weighted by Gasteiger charge is 2.25. The van der Waals surface area contributed by atoms with Crippen molar-refractivity contribution in [3.63, 3.8) is 0 Å². The maximum atomic E-state index is 10.6. The molecule has 1 saturated heterocycles. The number of rotatable bonds is 1. The van der Waals surface area contributed by atoms with E-state index in [1.54, 1.807) is 17.9 Å². The number of nitrogens with zero attached hydrogens (tertiary/aromatic N) is 3. The van der Waals surface area contributed by atoms with Crippen LogP contribution < -0.4 is 5.32 Å². The number of alkyl carbamates (subject to hydrolysis) is 1. The van der Waals surface area contributed by atoms with E-state index < -0.39 is 6.09 Å². The quantitative estimate of drug-likeness (QED) is 0.619. The van der Waals surface area contributed by atoms with Crippen molar-refractivity contribution in [1.29, 1.82) is 0 Å². The molecular weight excluding hydrogens is 160 g/mol. The molecule has 0 spiro atoms. The lowest BCUT2D eigenvalue weighted by molar-refractivity contribution is 0.177. The minimum absolute atomic E-state index is 0.147. The molecule has 0 aliphatic carbocycles. The van der Waals surface area contributed by atoms with Gasteiger partial charge in [-0.1, -0.05) is 5.21 Å². The van der Waals surface area contributed by atoms with E-state index in [1.807, 2.05) is 0 Å². The molecule has 1 unspecified atom stereocenters. The van der Waals surface area contributed by atoms with Crippen LogP contribution in [-0.2, 0) is 11.8 Å². The normalized spacial score (nSPS) is 22.1. The molecule has 1 atom stereocenters. The molecule has 6 nitrogen and oxygen atoms in total. The second kappa shape index (κ2) is 2.47. The minimum atomic E-state index is -0.398. The van der Waals surface area contributed by atoms with Crippen LogP contribution in [0.3, 0.4) is 0 Å². The number of carbonyl (C=O) groups excluding carboxylic acids is 1. The fourth-order valence-electron chi connectivity index (χ4n) is 1.07. The number of cyclic esters (lactones) is 1. The van der Waals surface area contributed by atoms with Gasteiger partial charge in [0.25, 0.3) is 0 Å². The first-order chi connectivity index (χ1) is 5.75. The van der Waals surface area contributed by atoms with Crippen molar-refractivity contribution in [3.8, 4) is 0 Å². The molecule has 1 aliphatic rings. The van der Waals surface area contributed by atoms with Crippen LogP contribution in [0.1, 0.15) is 11.7 Å². The SMILES string of the molecule is Cn1cc(C2COC(=O)N2)nn1. The van der Waals surface area contributed by atoms with Gasteiger partial charge in [0.2, 0.25) is 0 Å². The van der Waals surface area contributed by atoms with E-state index in [-0.39, 0.29) is 6.04 Å². The van der Waals surface area contributed by atoms with Crippen LogP contribution in [0.2, 0.25) is 0 Å². The van der Waals surface area contributed by atoms with Gasteiger partial charge in [0, 0.05) is 7.05 Å². The van der Waals surface area contributed by atoms with Crippen molar-refractivity contribution in [2.75, 3.05) is 6.61 Å². The third-order valence-electron chi connectivity index (χ3n) is 1.65. The Bertz CT molecular complexity index is 308. The standard InChI is InChI=1S/C6H8N4O2/c1-10-2-4(8-9-10)5-3-12-6(11)7-5/h2,5H,3H2,1H3,(H,7,11). The second-order valence-corrected chi connectivity index (χ2v) is 2.61. The lowest BCUT2D eigenvalue weighted by atomic mass is 10.2. The van der Waals surface area contributed by atoms with Crippen molar-refractivity contribution in [2.45, 2.75) is 6.04 Å². The summed E-state index contributed by atoms with van der Waals surface area (Å²) < 4.78 is 6.29. The first-order valence-corrected chi connectivity index (χ1v) is 3.55. The van der Waals surface area contributed by atoms with E-state index in [0.29, 0.717) is 6.61 Å². The van der Waals surface area contributed by atoms with Crippen LogP contribution in [0.5, 0.6) is 0 Å². The fourth-order valence-corrected chi connectivity index (χ4v) is 1.07. The molecule has 1 amide bonds. The number of carbonyl (C=O) groups is 1. The molecule has 12 heavy (non-hydrogen) atoms. The molecule has 0 bridgehead atoms. The van der Waals surface area contributed by atoms with E-state index >= 15 is 0 Å². The molecular formula is C6H8N4O2. The first-order valence-electron chi connectivity index (χ1n) is 3.55. The Kier molecular flexibility index (Phi) is 1.46. The van der Waals surface area contributed by atoms with Crippen molar-refractivity contribution in [2.24, 2.45) is 7.05 Å². The minimum Gasteiger partial charge on any atom is -0.447 e. The van der Waals surface area contributed by atoms with Gasteiger partial charge < -0.3 is 10.1 Å². The molecule has 1 aliphatic heterocycles. The smallest absolute Gasteiger partial charge is 0.407 e. The van der Waals surface area contributed by atoms with Crippen molar-refractivity contribution < 1.29 is 9.53 Å². The first kappa shape index (κ1) is 7.08. The van der Waals surface area contributed by atoms with Gasteiger partial charge in [-0.05, 0) is 0 Å². The monoisotopic (exact) mass is 168 g/mol. The lowest BCUT2D eigenvalue weighted by Gasteiger charge is -1.99. The molecule has 1 aromatic rings. The number of nitrogens with one attached hydrogen (secondary N) is 1. The van der Waals surface area contributed by atoms with Gasteiger partial charge in [-0.2, -0.15) is 0 Å². The molecule has 2 rings (SSSR count). The van der Waals surface area contributed by atoms with Gasteiger partial charge in [0.1, 0.15) is 18.3 Å². The number of ether oxygens (including phenoxy) is 1. The molecule has 1 N–H and O–H groups in total. The molecule has 1 fully saturated rings. The molecule has 1 aromatic heterocycles. The van der Waals surface area contributed by atoms with Gasteiger partial charge in [0.05, 0.1) is 6.20 Å².